The minimum atomic E-state index is -4.02. The third kappa shape index (κ3) is 6.41. The van der Waals surface area contributed by atoms with Crippen LogP contribution in [0.2, 0.25) is 0 Å². The van der Waals surface area contributed by atoms with Crippen LogP contribution in [0, 0.1) is 13.8 Å². The van der Waals surface area contributed by atoms with Crippen molar-refractivity contribution >= 4 is 33.7 Å². The standard InChI is InChI=1S/C22H27N3O5S2/c1-15-6-7-16(2)21(11-15)32(26,27)30-19-9-8-17(12-20(19)28-3)13-24-25-22(31)23-14-18-5-4-10-29-18/h6-9,11-13,18H,4-5,10,14H2,1-3H3,(H2,23,25,31)/b24-13+/t18-/m1/s1. The highest BCUT2D eigenvalue weighted by Crippen LogP contribution is 2.31. The van der Waals surface area contributed by atoms with E-state index in [2.05, 4.69) is 15.8 Å². The van der Waals surface area contributed by atoms with Crippen molar-refractivity contribution in [2.75, 3.05) is 20.3 Å². The largest absolute Gasteiger partial charge is 0.493 e. The van der Waals surface area contributed by atoms with Crippen molar-refractivity contribution in [2.45, 2.75) is 37.7 Å². The molecule has 3 rings (SSSR count). The van der Waals surface area contributed by atoms with Gasteiger partial charge in [0.05, 0.1) is 19.4 Å². The monoisotopic (exact) mass is 477 g/mol. The van der Waals surface area contributed by atoms with Crippen molar-refractivity contribution in [3.8, 4) is 11.5 Å². The van der Waals surface area contributed by atoms with Gasteiger partial charge in [0, 0.05) is 13.2 Å². The van der Waals surface area contributed by atoms with Crippen molar-refractivity contribution in [3.05, 3.63) is 53.1 Å². The van der Waals surface area contributed by atoms with E-state index in [1.165, 1.54) is 13.2 Å². The first-order valence-corrected chi connectivity index (χ1v) is 12.0. The first kappa shape index (κ1) is 24.0. The molecule has 1 aliphatic rings. The number of methoxy groups -OCH3 is 1. The topological polar surface area (TPSA) is 98.2 Å². The van der Waals surface area contributed by atoms with E-state index in [4.69, 9.17) is 25.9 Å². The zero-order valence-electron chi connectivity index (χ0n) is 18.3. The van der Waals surface area contributed by atoms with Crippen LogP contribution in [0.3, 0.4) is 0 Å². The summed E-state index contributed by atoms with van der Waals surface area (Å²) in [6, 6.07) is 10.00. The number of rotatable bonds is 8. The van der Waals surface area contributed by atoms with Gasteiger partial charge < -0.3 is 19.0 Å². The lowest BCUT2D eigenvalue weighted by Crippen LogP contribution is -2.37. The molecule has 0 unspecified atom stereocenters. The molecule has 2 N–H and O–H groups in total. The zero-order valence-corrected chi connectivity index (χ0v) is 19.9. The Balaban J connectivity index is 1.64. The van der Waals surface area contributed by atoms with E-state index < -0.39 is 10.1 Å². The summed E-state index contributed by atoms with van der Waals surface area (Å²) in [7, 11) is -2.57. The highest BCUT2D eigenvalue weighted by molar-refractivity contribution is 7.87. The van der Waals surface area contributed by atoms with E-state index in [1.807, 2.05) is 13.0 Å². The number of nitrogens with one attached hydrogen (secondary N) is 2. The summed E-state index contributed by atoms with van der Waals surface area (Å²) in [6.45, 7) is 4.97. The first-order chi connectivity index (χ1) is 15.3. The highest BCUT2D eigenvalue weighted by Gasteiger charge is 2.21. The number of thiocarbonyl (C=S) groups is 1. The van der Waals surface area contributed by atoms with E-state index in [1.54, 1.807) is 37.4 Å². The Labute approximate surface area is 194 Å². The summed E-state index contributed by atoms with van der Waals surface area (Å²) in [4.78, 5) is 0.124. The molecule has 1 fully saturated rings. The third-order valence-corrected chi connectivity index (χ3v) is 6.51. The molecule has 2 aromatic rings. The van der Waals surface area contributed by atoms with Crippen LogP contribution in [0.4, 0.5) is 0 Å². The van der Waals surface area contributed by atoms with Gasteiger partial charge in [-0.15, -0.1) is 0 Å². The normalized spacial score (nSPS) is 16.2. The molecule has 10 heteroatoms. The molecular weight excluding hydrogens is 450 g/mol. The molecule has 0 saturated carbocycles. The number of benzene rings is 2. The van der Waals surface area contributed by atoms with Crippen LogP contribution in [0.1, 0.15) is 29.5 Å². The molecule has 0 bridgehead atoms. The van der Waals surface area contributed by atoms with Gasteiger partial charge in [0.1, 0.15) is 4.90 Å². The van der Waals surface area contributed by atoms with Crippen LogP contribution in [0.5, 0.6) is 11.5 Å². The lowest BCUT2D eigenvalue weighted by atomic mass is 10.2. The maximum Gasteiger partial charge on any atom is 0.339 e. The number of aryl methyl sites for hydroxylation is 2. The van der Waals surface area contributed by atoms with E-state index in [0.717, 1.165) is 25.0 Å². The van der Waals surface area contributed by atoms with Gasteiger partial charge in [-0.05, 0) is 79.9 Å². The fourth-order valence-electron chi connectivity index (χ4n) is 3.19. The SMILES string of the molecule is COc1cc(/C=N/NC(=S)NC[C@H]2CCCO2)ccc1OS(=O)(=O)c1cc(C)ccc1C. The average Bonchev–Trinajstić information content (AvgIpc) is 3.28. The van der Waals surface area contributed by atoms with Crippen molar-refractivity contribution in [2.24, 2.45) is 5.10 Å². The van der Waals surface area contributed by atoms with Crippen molar-refractivity contribution in [1.82, 2.24) is 10.7 Å². The summed E-state index contributed by atoms with van der Waals surface area (Å²) in [6.07, 6.45) is 3.81. The Morgan fingerprint density at radius 2 is 2.06 bits per heavy atom. The molecule has 1 aliphatic heterocycles. The van der Waals surface area contributed by atoms with Crippen LogP contribution in [-0.4, -0.2) is 46.1 Å². The zero-order chi connectivity index (χ0) is 23.1. The van der Waals surface area contributed by atoms with Crippen molar-refractivity contribution in [1.29, 1.82) is 0 Å². The maximum absolute atomic E-state index is 12.8. The highest BCUT2D eigenvalue weighted by atomic mass is 32.2. The molecule has 0 radical (unpaired) electrons. The van der Waals surface area contributed by atoms with Crippen LogP contribution >= 0.6 is 12.2 Å². The van der Waals surface area contributed by atoms with Gasteiger partial charge in [-0.3, -0.25) is 5.43 Å². The van der Waals surface area contributed by atoms with Gasteiger partial charge in [-0.25, -0.2) is 0 Å². The average molecular weight is 478 g/mol. The molecule has 0 aliphatic carbocycles. The van der Waals surface area contributed by atoms with E-state index in [9.17, 15) is 8.42 Å². The summed E-state index contributed by atoms with van der Waals surface area (Å²) in [5.41, 5.74) is 4.85. The summed E-state index contributed by atoms with van der Waals surface area (Å²) in [5, 5.41) is 7.56. The molecule has 172 valence electrons. The number of hydrogen-bond acceptors (Lipinski definition) is 7. The second-order valence-electron chi connectivity index (χ2n) is 7.43. The van der Waals surface area contributed by atoms with Gasteiger partial charge in [-0.1, -0.05) is 12.1 Å². The van der Waals surface area contributed by atoms with Crippen LogP contribution in [0.25, 0.3) is 0 Å². The van der Waals surface area contributed by atoms with Gasteiger partial charge in [0.2, 0.25) is 0 Å². The summed E-state index contributed by atoms with van der Waals surface area (Å²) >= 11 is 5.20. The Bertz CT molecular complexity index is 1100. The fraction of sp³-hybridized carbons (Fsp3) is 0.364. The first-order valence-electron chi connectivity index (χ1n) is 10.2. The molecule has 32 heavy (non-hydrogen) atoms. The fourth-order valence-corrected chi connectivity index (χ4v) is 4.58. The molecule has 0 aromatic heterocycles. The molecule has 1 heterocycles. The van der Waals surface area contributed by atoms with E-state index in [0.29, 0.717) is 22.8 Å². The quantitative estimate of drug-likeness (QED) is 0.259. The van der Waals surface area contributed by atoms with Crippen molar-refractivity contribution in [3.63, 3.8) is 0 Å². The van der Waals surface area contributed by atoms with Crippen LogP contribution < -0.4 is 19.7 Å². The number of nitrogens with zero attached hydrogens (tertiary/aromatic N) is 1. The predicted molar refractivity (Wildman–Crippen MR) is 127 cm³/mol. The molecule has 1 atom stereocenters. The Hall–Kier alpha value is -2.69. The molecule has 1 saturated heterocycles. The molecular formula is C22H27N3O5S2. The number of ether oxygens (including phenoxy) is 2. The molecule has 2 aromatic carbocycles. The second-order valence-corrected chi connectivity index (χ2v) is 9.35. The third-order valence-electron chi connectivity index (χ3n) is 4.89. The van der Waals surface area contributed by atoms with Crippen LogP contribution in [0.15, 0.2) is 46.4 Å². The number of hydrazone groups is 1. The maximum atomic E-state index is 12.8. The van der Waals surface area contributed by atoms with Gasteiger partial charge in [-0.2, -0.15) is 13.5 Å². The Kier molecular flexibility index (Phi) is 8.05. The number of hydrogen-bond donors (Lipinski definition) is 2. The molecule has 0 spiro atoms. The van der Waals surface area contributed by atoms with Crippen LogP contribution in [-0.2, 0) is 14.9 Å². The smallest absolute Gasteiger partial charge is 0.339 e. The minimum Gasteiger partial charge on any atom is -0.493 e. The van der Waals surface area contributed by atoms with E-state index >= 15 is 0 Å². The summed E-state index contributed by atoms with van der Waals surface area (Å²) in [5.74, 6) is 0.356. The van der Waals surface area contributed by atoms with Gasteiger partial charge in [0.15, 0.2) is 16.6 Å². The Morgan fingerprint density at radius 3 is 2.78 bits per heavy atom. The second kappa shape index (κ2) is 10.8. The lowest BCUT2D eigenvalue weighted by Gasteiger charge is -2.13. The Morgan fingerprint density at radius 1 is 1.25 bits per heavy atom. The lowest BCUT2D eigenvalue weighted by molar-refractivity contribution is 0.114. The molecule has 0 amide bonds. The summed E-state index contributed by atoms with van der Waals surface area (Å²) < 4.78 is 41.8. The van der Waals surface area contributed by atoms with E-state index in [-0.39, 0.29) is 22.5 Å². The van der Waals surface area contributed by atoms with Gasteiger partial charge in [0.25, 0.3) is 0 Å². The predicted octanol–water partition coefficient (Wildman–Crippen LogP) is 3.06. The molecule has 8 nitrogen and oxygen atoms in total. The van der Waals surface area contributed by atoms with Gasteiger partial charge >= 0.3 is 10.1 Å². The van der Waals surface area contributed by atoms with Crippen molar-refractivity contribution < 1.29 is 22.1 Å². The minimum absolute atomic E-state index is 0.0901.